The number of halogens is 1. The van der Waals surface area contributed by atoms with Crippen molar-refractivity contribution >= 4 is 23.1 Å². The zero-order valence-electron chi connectivity index (χ0n) is 9.29. The van der Waals surface area contributed by atoms with E-state index in [-0.39, 0.29) is 6.42 Å². The van der Waals surface area contributed by atoms with E-state index < -0.39 is 5.97 Å². The topological polar surface area (TPSA) is 37.3 Å². The van der Waals surface area contributed by atoms with Crippen LogP contribution in [0.5, 0.6) is 0 Å². The summed E-state index contributed by atoms with van der Waals surface area (Å²) in [4.78, 5) is 10.4. The van der Waals surface area contributed by atoms with Crippen LogP contribution < -0.4 is 0 Å². The molecule has 0 aliphatic carbocycles. The van der Waals surface area contributed by atoms with Crippen LogP contribution in [0.15, 0.2) is 24.8 Å². The van der Waals surface area contributed by atoms with Crippen LogP contribution in [0, 0.1) is 0 Å². The fraction of sp³-hybridized carbons (Fsp3) is 0.308. The van der Waals surface area contributed by atoms with E-state index in [9.17, 15) is 4.79 Å². The summed E-state index contributed by atoms with van der Waals surface area (Å²) in [6, 6.07) is 5.75. The first-order valence-corrected chi connectivity index (χ1v) is 5.54. The molecule has 0 saturated carbocycles. The molecule has 3 heteroatoms. The molecule has 0 atom stereocenters. The van der Waals surface area contributed by atoms with E-state index in [2.05, 4.69) is 6.58 Å². The first kappa shape index (κ1) is 12.8. The molecule has 0 bridgehead atoms. The normalized spacial score (nSPS) is 10.1. The minimum Gasteiger partial charge on any atom is -0.481 e. The monoisotopic (exact) mass is 238 g/mol. The van der Waals surface area contributed by atoms with Crippen molar-refractivity contribution in [2.24, 2.45) is 0 Å². The predicted molar refractivity (Wildman–Crippen MR) is 66.7 cm³/mol. The summed E-state index contributed by atoms with van der Waals surface area (Å²) in [5.74, 6) is -0.762. The van der Waals surface area contributed by atoms with E-state index in [4.69, 9.17) is 16.7 Å². The SMILES string of the molecule is C=C(C)c1cc(Cl)cc(CCCC(=O)O)c1. The Kier molecular flexibility index (Phi) is 4.56. The lowest BCUT2D eigenvalue weighted by atomic mass is 10.0. The highest BCUT2D eigenvalue weighted by Crippen LogP contribution is 2.21. The van der Waals surface area contributed by atoms with Crippen LogP contribution in [0.3, 0.4) is 0 Å². The molecule has 1 aromatic rings. The quantitative estimate of drug-likeness (QED) is 0.848. The van der Waals surface area contributed by atoms with Gasteiger partial charge in [-0.1, -0.05) is 29.8 Å². The van der Waals surface area contributed by atoms with Crippen molar-refractivity contribution in [3.8, 4) is 0 Å². The van der Waals surface area contributed by atoms with Gasteiger partial charge in [-0.25, -0.2) is 0 Å². The molecule has 0 aliphatic heterocycles. The van der Waals surface area contributed by atoms with Gasteiger partial charge < -0.3 is 5.11 Å². The molecule has 0 fully saturated rings. The van der Waals surface area contributed by atoms with Gasteiger partial charge in [0.1, 0.15) is 0 Å². The van der Waals surface area contributed by atoms with Gasteiger partial charge in [-0.3, -0.25) is 4.79 Å². The summed E-state index contributed by atoms with van der Waals surface area (Å²) in [6.07, 6.45) is 1.55. The van der Waals surface area contributed by atoms with Crippen molar-refractivity contribution < 1.29 is 9.90 Å². The standard InChI is InChI=1S/C13H15ClO2/c1-9(2)11-6-10(7-12(14)8-11)4-3-5-13(15)16/h6-8H,1,3-5H2,2H3,(H,15,16). The molecule has 0 spiro atoms. The Hall–Kier alpha value is -1.28. The van der Waals surface area contributed by atoms with Crippen molar-refractivity contribution in [1.29, 1.82) is 0 Å². The second-order valence-electron chi connectivity index (χ2n) is 3.88. The molecule has 0 heterocycles. The summed E-state index contributed by atoms with van der Waals surface area (Å²) >= 11 is 5.98. The largest absolute Gasteiger partial charge is 0.481 e. The van der Waals surface area contributed by atoms with Crippen LogP contribution in [-0.4, -0.2) is 11.1 Å². The third-order valence-corrected chi connectivity index (χ3v) is 2.52. The molecule has 0 aromatic heterocycles. The third kappa shape index (κ3) is 4.07. The molecule has 86 valence electrons. The van der Waals surface area contributed by atoms with Gasteiger partial charge in [0.05, 0.1) is 0 Å². The van der Waals surface area contributed by atoms with E-state index in [1.165, 1.54) is 0 Å². The van der Waals surface area contributed by atoms with E-state index >= 15 is 0 Å². The van der Waals surface area contributed by atoms with Crippen molar-refractivity contribution in [3.63, 3.8) is 0 Å². The van der Waals surface area contributed by atoms with Gasteiger partial charge in [0, 0.05) is 11.4 Å². The number of carboxylic acids is 1. The Balaban J connectivity index is 2.72. The Morgan fingerprint density at radius 3 is 2.69 bits per heavy atom. The van der Waals surface area contributed by atoms with Gasteiger partial charge in [-0.15, -0.1) is 0 Å². The van der Waals surface area contributed by atoms with Crippen LogP contribution in [0.4, 0.5) is 0 Å². The van der Waals surface area contributed by atoms with Gasteiger partial charge in [-0.05, 0) is 43.0 Å². The maximum absolute atomic E-state index is 10.4. The zero-order chi connectivity index (χ0) is 12.1. The summed E-state index contributed by atoms with van der Waals surface area (Å²) < 4.78 is 0. The van der Waals surface area contributed by atoms with Crippen LogP contribution in [0.2, 0.25) is 5.02 Å². The van der Waals surface area contributed by atoms with E-state index in [0.717, 1.165) is 23.1 Å². The van der Waals surface area contributed by atoms with Crippen LogP contribution in [-0.2, 0) is 11.2 Å². The van der Waals surface area contributed by atoms with Crippen molar-refractivity contribution in [3.05, 3.63) is 40.9 Å². The number of carboxylic acid groups (broad SMARTS) is 1. The summed E-state index contributed by atoms with van der Waals surface area (Å²) in [7, 11) is 0. The number of aryl methyl sites for hydroxylation is 1. The first-order chi connectivity index (χ1) is 7.49. The van der Waals surface area contributed by atoms with Gasteiger partial charge in [0.15, 0.2) is 0 Å². The molecule has 0 saturated heterocycles. The van der Waals surface area contributed by atoms with Crippen molar-refractivity contribution in [1.82, 2.24) is 0 Å². The number of rotatable bonds is 5. The van der Waals surface area contributed by atoms with Crippen LogP contribution in [0.25, 0.3) is 5.57 Å². The highest BCUT2D eigenvalue weighted by Gasteiger charge is 2.02. The molecular weight excluding hydrogens is 224 g/mol. The van der Waals surface area contributed by atoms with Crippen LogP contribution in [0.1, 0.15) is 30.9 Å². The number of hydrogen-bond donors (Lipinski definition) is 1. The summed E-state index contributed by atoms with van der Waals surface area (Å²) in [5, 5.41) is 9.22. The molecule has 2 nitrogen and oxygen atoms in total. The van der Waals surface area contributed by atoms with Gasteiger partial charge >= 0.3 is 5.97 Å². The lowest BCUT2D eigenvalue weighted by Gasteiger charge is -2.06. The Morgan fingerprint density at radius 2 is 2.12 bits per heavy atom. The maximum atomic E-state index is 10.4. The summed E-state index contributed by atoms with van der Waals surface area (Å²) in [6.45, 7) is 5.79. The summed E-state index contributed by atoms with van der Waals surface area (Å²) in [5.41, 5.74) is 3.03. The average Bonchev–Trinajstić information content (AvgIpc) is 2.16. The second-order valence-corrected chi connectivity index (χ2v) is 4.31. The number of benzene rings is 1. The van der Waals surface area contributed by atoms with Crippen molar-refractivity contribution in [2.75, 3.05) is 0 Å². The molecule has 1 aromatic carbocycles. The first-order valence-electron chi connectivity index (χ1n) is 5.16. The molecule has 0 unspecified atom stereocenters. The molecule has 1 rings (SSSR count). The number of aliphatic carboxylic acids is 1. The fourth-order valence-corrected chi connectivity index (χ4v) is 1.74. The number of carbonyl (C=O) groups is 1. The van der Waals surface area contributed by atoms with Gasteiger partial charge in [0.25, 0.3) is 0 Å². The lowest BCUT2D eigenvalue weighted by Crippen LogP contribution is -1.96. The Bertz CT molecular complexity index is 410. The Labute approximate surface area is 101 Å². The maximum Gasteiger partial charge on any atom is 0.303 e. The third-order valence-electron chi connectivity index (χ3n) is 2.31. The number of hydrogen-bond acceptors (Lipinski definition) is 1. The molecule has 0 amide bonds. The van der Waals surface area contributed by atoms with E-state index in [0.29, 0.717) is 11.4 Å². The smallest absolute Gasteiger partial charge is 0.303 e. The molecule has 1 N–H and O–H groups in total. The lowest BCUT2D eigenvalue weighted by molar-refractivity contribution is -0.137. The van der Waals surface area contributed by atoms with Crippen LogP contribution >= 0.6 is 11.6 Å². The van der Waals surface area contributed by atoms with Gasteiger partial charge in [-0.2, -0.15) is 0 Å². The molecular formula is C13H15ClO2. The predicted octanol–water partition coefficient (Wildman–Crippen LogP) is 3.78. The molecule has 0 aliphatic rings. The van der Waals surface area contributed by atoms with E-state index in [1.807, 2.05) is 25.1 Å². The highest BCUT2D eigenvalue weighted by atomic mass is 35.5. The number of allylic oxidation sites excluding steroid dienone is 1. The van der Waals surface area contributed by atoms with Gasteiger partial charge in [0.2, 0.25) is 0 Å². The fourth-order valence-electron chi connectivity index (χ4n) is 1.48. The molecule has 0 radical (unpaired) electrons. The zero-order valence-corrected chi connectivity index (χ0v) is 10.0. The minimum atomic E-state index is -0.762. The average molecular weight is 239 g/mol. The van der Waals surface area contributed by atoms with E-state index in [1.54, 1.807) is 0 Å². The van der Waals surface area contributed by atoms with Crippen molar-refractivity contribution in [2.45, 2.75) is 26.2 Å². The Morgan fingerprint density at radius 1 is 1.44 bits per heavy atom. The highest BCUT2D eigenvalue weighted by molar-refractivity contribution is 6.30. The second kappa shape index (κ2) is 5.71. The minimum absolute atomic E-state index is 0.189. The molecule has 16 heavy (non-hydrogen) atoms.